The van der Waals surface area contributed by atoms with Gasteiger partial charge in [-0.3, -0.25) is 23.9 Å². The third-order valence-corrected chi connectivity index (χ3v) is 14.1. The molecule has 0 saturated carbocycles. The number of fused-ring (bicyclic) bond motifs is 2. The molecule has 0 radical (unpaired) electrons. The number of amides is 1. The predicted octanol–water partition coefficient (Wildman–Crippen LogP) is 11.3. The molecule has 372 valence electrons. The van der Waals surface area contributed by atoms with Gasteiger partial charge in [0.2, 0.25) is 5.78 Å². The molecule has 0 fully saturated rings. The molecule has 29 heteroatoms. The van der Waals surface area contributed by atoms with Crippen molar-refractivity contribution < 1.29 is 57.6 Å². The minimum Gasteiger partial charge on any atom is -0.346 e. The number of anilines is 2. The first-order valence-electron chi connectivity index (χ1n) is 19.2. The Bertz CT molecular complexity index is 3550. The van der Waals surface area contributed by atoms with Gasteiger partial charge in [0, 0.05) is 64.1 Å². The monoisotopic (exact) mass is 1210 g/mol. The minimum absolute atomic E-state index is 0.00198. The average Bonchev–Trinajstić information content (AvgIpc) is 3.99. The van der Waals surface area contributed by atoms with Gasteiger partial charge in [-0.15, -0.1) is 0 Å². The van der Waals surface area contributed by atoms with E-state index in [-0.39, 0.29) is 38.4 Å². The Kier molecular flexibility index (Phi) is 16.8. The van der Waals surface area contributed by atoms with E-state index in [1.807, 2.05) is 23.1 Å². The van der Waals surface area contributed by atoms with Crippen LogP contribution in [0.25, 0.3) is 22.1 Å². The standard InChI is InChI=1S/C20H11Cl2F3N4O3S.C15H12Cl2F3N3O4S.C7H5IN2/c21-10-7-16(29-33(31,32)11-1-2-15(22)14(8-11)20(23,24)25)17(28-9-10)18(30)12-3-5-26-19-13(12)4-6-27-19;1-23(27-2)14(24)13-12(5-8(16)7-21-13)22-28(25,26)9-3-4-11(17)10(6-9)15(18,19)20;8-6-2-4-10-7-5(6)1-3-9-7/h1-9,29H,(H,26,27);3-7,22H,1-2H3;1-4H,(H,9,10). The molecule has 8 aromatic rings. The highest BCUT2D eigenvalue weighted by atomic mass is 127. The molecule has 8 rings (SSSR count). The van der Waals surface area contributed by atoms with Crippen molar-refractivity contribution in [1.82, 2.24) is 35.0 Å². The molecule has 0 aliphatic carbocycles. The van der Waals surface area contributed by atoms with Gasteiger partial charge in [-0.05, 0) is 95.4 Å². The highest BCUT2D eigenvalue weighted by Crippen LogP contribution is 2.38. The van der Waals surface area contributed by atoms with Crippen molar-refractivity contribution in [2.75, 3.05) is 23.6 Å². The SMILES string of the molecule is CON(C)C(=O)c1ncc(Cl)cc1NS(=O)(=O)c1ccc(Cl)c(C(F)(F)F)c1.Ic1ccnc2[nH]ccc12.O=C(c1ncc(Cl)cc1NS(=O)(=O)c1ccc(Cl)c(C(F)(F)F)c1)c1ccnc2[nH]ccc12. The molecule has 1 amide bonds. The van der Waals surface area contributed by atoms with Crippen molar-refractivity contribution in [3.05, 3.63) is 162 Å². The first-order valence-corrected chi connectivity index (χ1v) is 24.7. The number of sulfonamides is 2. The molecule has 0 spiro atoms. The Morgan fingerprint density at radius 1 is 0.648 bits per heavy atom. The molecule has 0 aliphatic rings. The quantitative estimate of drug-likeness (QED) is 0.0436. The number of hydrogen-bond acceptors (Lipinski definition) is 11. The summed E-state index contributed by atoms with van der Waals surface area (Å²) in [6, 6.07) is 13.5. The summed E-state index contributed by atoms with van der Waals surface area (Å²) in [6.07, 6.45) is -0.815. The molecule has 0 saturated heterocycles. The number of hydroxylamine groups is 2. The van der Waals surface area contributed by atoms with Gasteiger partial charge in [0.05, 0.1) is 59.5 Å². The summed E-state index contributed by atoms with van der Waals surface area (Å²) in [5.41, 5.74) is -2.40. The van der Waals surface area contributed by atoms with E-state index in [4.69, 9.17) is 51.2 Å². The molecular weight excluding hydrogens is 1190 g/mol. The summed E-state index contributed by atoms with van der Waals surface area (Å²) in [5.74, 6) is -1.47. The third kappa shape index (κ3) is 13.0. The maximum absolute atomic E-state index is 13.2. The number of rotatable bonds is 10. The van der Waals surface area contributed by atoms with Crippen LogP contribution in [0, 0.1) is 3.57 Å². The number of alkyl halides is 6. The third-order valence-electron chi connectivity index (χ3n) is 9.39. The van der Waals surface area contributed by atoms with E-state index in [1.54, 1.807) is 18.5 Å². The molecule has 6 heterocycles. The number of aromatic amines is 2. The van der Waals surface area contributed by atoms with Gasteiger partial charge in [0.1, 0.15) is 17.0 Å². The number of aromatic nitrogens is 6. The minimum atomic E-state index is -4.87. The number of hydrogen-bond donors (Lipinski definition) is 4. The Labute approximate surface area is 431 Å². The van der Waals surface area contributed by atoms with Gasteiger partial charge < -0.3 is 9.97 Å². The predicted molar refractivity (Wildman–Crippen MR) is 260 cm³/mol. The van der Waals surface area contributed by atoms with Crippen LogP contribution >= 0.6 is 69.0 Å². The lowest BCUT2D eigenvalue weighted by atomic mass is 10.0. The van der Waals surface area contributed by atoms with Crippen molar-refractivity contribution in [2.24, 2.45) is 0 Å². The van der Waals surface area contributed by atoms with E-state index in [0.29, 0.717) is 23.2 Å². The zero-order valence-corrected chi connectivity index (χ0v) is 42.3. The summed E-state index contributed by atoms with van der Waals surface area (Å²) in [5, 5.41) is 1.12. The van der Waals surface area contributed by atoms with Crippen LogP contribution in [0.15, 0.2) is 120 Å². The Morgan fingerprint density at radius 2 is 1.10 bits per heavy atom. The molecule has 2 aromatic carbocycles. The molecule has 71 heavy (non-hydrogen) atoms. The topological polar surface area (TPSA) is 222 Å². The Hall–Kier alpha value is -5.81. The largest absolute Gasteiger partial charge is 0.417 e. The number of carbonyl (C=O) groups is 2. The summed E-state index contributed by atoms with van der Waals surface area (Å²) in [4.78, 5) is 50.6. The second-order valence-corrected chi connectivity index (χ2v) is 20.2. The fourth-order valence-corrected chi connectivity index (χ4v) is 9.54. The number of nitrogens with zero attached hydrogens (tertiary/aromatic N) is 5. The van der Waals surface area contributed by atoms with Crippen molar-refractivity contribution >= 4 is 134 Å². The number of H-pyrrole nitrogens is 2. The normalized spacial score (nSPS) is 11.8. The molecule has 0 bridgehead atoms. The fraction of sp³-hybridized carbons (Fsp3) is 0.0952. The van der Waals surface area contributed by atoms with E-state index >= 15 is 0 Å². The van der Waals surface area contributed by atoms with Crippen LogP contribution in [-0.4, -0.2) is 77.7 Å². The van der Waals surface area contributed by atoms with Crippen LogP contribution in [0.1, 0.15) is 37.7 Å². The lowest BCUT2D eigenvalue weighted by Gasteiger charge is -2.17. The average molecular weight is 1220 g/mol. The second-order valence-electron chi connectivity index (χ2n) is 14.0. The molecule has 0 unspecified atom stereocenters. The van der Waals surface area contributed by atoms with Crippen LogP contribution in [0.4, 0.5) is 37.7 Å². The zero-order chi connectivity index (χ0) is 52.2. The number of ketones is 1. The molecule has 6 aromatic heterocycles. The first kappa shape index (κ1) is 54.5. The number of pyridine rings is 4. The van der Waals surface area contributed by atoms with Crippen molar-refractivity contribution in [3.8, 4) is 0 Å². The Balaban J connectivity index is 0.000000196. The number of nitrogens with one attached hydrogen (secondary N) is 4. The second kappa shape index (κ2) is 21.9. The van der Waals surface area contributed by atoms with Crippen LogP contribution in [-0.2, 0) is 37.2 Å². The van der Waals surface area contributed by atoms with Crippen LogP contribution < -0.4 is 9.44 Å². The Morgan fingerprint density at radius 3 is 1.58 bits per heavy atom. The molecular formula is C42H28Cl4F6IN9O7S2. The van der Waals surface area contributed by atoms with Crippen molar-refractivity contribution in [2.45, 2.75) is 22.1 Å². The van der Waals surface area contributed by atoms with Gasteiger partial charge in [-0.2, -0.15) is 26.3 Å². The molecule has 0 aliphatic heterocycles. The summed E-state index contributed by atoms with van der Waals surface area (Å²) >= 11 is 25.1. The summed E-state index contributed by atoms with van der Waals surface area (Å²) in [6.45, 7) is 0. The highest BCUT2D eigenvalue weighted by molar-refractivity contribution is 14.1. The maximum atomic E-state index is 13.2. The zero-order valence-electron chi connectivity index (χ0n) is 35.5. The van der Waals surface area contributed by atoms with E-state index in [0.717, 1.165) is 59.5 Å². The van der Waals surface area contributed by atoms with E-state index in [1.165, 1.54) is 35.4 Å². The van der Waals surface area contributed by atoms with Crippen LogP contribution in [0.5, 0.6) is 0 Å². The maximum Gasteiger partial charge on any atom is 0.417 e. The van der Waals surface area contributed by atoms with E-state index < -0.39 is 75.1 Å². The van der Waals surface area contributed by atoms with Crippen LogP contribution in [0.2, 0.25) is 20.1 Å². The van der Waals surface area contributed by atoms with E-state index in [2.05, 4.69) is 57.2 Å². The lowest BCUT2D eigenvalue weighted by molar-refractivity contribution is -0.138. The molecule has 16 nitrogen and oxygen atoms in total. The number of carbonyl (C=O) groups excluding carboxylic acids is 2. The number of halogens is 11. The van der Waals surface area contributed by atoms with Crippen LogP contribution in [0.3, 0.4) is 0 Å². The van der Waals surface area contributed by atoms with Gasteiger partial charge >= 0.3 is 12.4 Å². The van der Waals surface area contributed by atoms with Crippen molar-refractivity contribution in [3.63, 3.8) is 0 Å². The number of benzene rings is 2. The summed E-state index contributed by atoms with van der Waals surface area (Å²) < 4.78 is 135. The van der Waals surface area contributed by atoms with Gasteiger partial charge in [0.25, 0.3) is 26.0 Å². The first-order chi connectivity index (χ1) is 33.2. The highest BCUT2D eigenvalue weighted by Gasteiger charge is 2.36. The fourth-order valence-electron chi connectivity index (χ4n) is 6.02. The van der Waals surface area contributed by atoms with E-state index in [9.17, 15) is 52.8 Å². The van der Waals surface area contributed by atoms with Crippen molar-refractivity contribution in [1.29, 1.82) is 0 Å². The molecule has 0 atom stereocenters. The smallest absolute Gasteiger partial charge is 0.346 e. The lowest BCUT2D eigenvalue weighted by Crippen LogP contribution is -2.28. The van der Waals surface area contributed by atoms with Gasteiger partial charge in [0.15, 0.2) is 5.69 Å². The van der Waals surface area contributed by atoms with Gasteiger partial charge in [-0.1, -0.05) is 46.4 Å². The summed E-state index contributed by atoms with van der Waals surface area (Å²) in [7, 11) is -6.66. The van der Waals surface area contributed by atoms with Gasteiger partial charge in [-0.25, -0.2) is 41.8 Å². The molecule has 4 N–H and O–H groups in total.